The maximum atomic E-state index is 12.5. The molecule has 0 radical (unpaired) electrons. The van der Waals surface area contributed by atoms with Crippen LogP contribution in [0.5, 0.6) is 0 Å². The summed E-state index contributed by atoms with van der Waals surface area (Å²) in [5.41, 5.74) is 0.671. The molecule has 2 rings (SSSR count). The van der Waals surface area contributed by atoms with Gasteiger partial charge in [0.1, 0.15) is 6.10 Å². The molecule has 1 aromatic carbocycles. The van der Waals surface area contributed by atoms with Crippen LogP contribution in [0.15, 0.2) is 30.3 Å². The van der Waals surface area contributed by atoms with E-state index >= 15 is 0 Å². The number of quaternary nitrogens is 1. The van der Waals surface area contributed by atoms with Crippen LogP contribution in [0.25, 0.3) is 0 Å². The minimum atomic E-state index is -0.157. The van der Waals surface area contributed by atoms with Gasteiger partial charge in [-0.05, 0) is 44.2 Å². The third-order valence-corrected chi connectivity index (χ3v) is 6.45. The van der Waals surface area contributed by atoms with Crippen LogP contribution in [0.2, 0.25) is 0 Å². The van der Waals surface area contributed by atoms with Crippen molar-refractivity contribution in [2.24, 2.45) is 5.92 Å². The van der Waals surface area contributed by atoms with Crippen LogP contribution in [0, 0.1) is 5.92 Å². The first kappa shape index (κ1) is 23.9. The Morgan fingerprint density at radius 1 is 0.931 bits per heavy atom. The summed E-state index contributed by atoms with van der Waals surface area (Å²) in [5.74, 6) is 0.330. The lowest BCUT2D eigenvalue weighted by molar-refractivity contribution is -0.894. The number of ether oxygens (including phenoxy) is 1. The summed E-state index contributed by atoms with van der Waals surface area (Å²) in [4.78, 5) is 12.5. The van der Waals surface area contributed by atoms with E-state index in [1.165, 1.54) is 77.2 Å². The second-order valence-corrected chi connectivity index (χ2v) is 9.67. The molecule has 1 fully saturated rings. The van der Waals surface area contributed by atoms with E-state index in [9.17, 15) is 4.79 Å². The maximum absolute atomic E-state index is 12.5. The van der Waals surface area contributed by atoms with Crippen molar-refractivity contribution >= 4 is 5.97 Å². The van der Waals surface area contributed by atoms with E-state index in [0.717, 1.165) is 17.4 Å². The van der Waals surface area contributed by atoms with Crippen molar-refractivity contribution < 1.29 is 14.0 Å². The highest BCUT2D eigenvalue weighted by Gasteiger charge is 2.33. The van der Waals surface area contributed by atoms with E-state index < -0.39 is 0 Å². The Hall–Kier alpha value is -1.35. The van der Waals surface area contributed by atoms with Crippen LogP contribution < -0.4 is 0 Å². The lowest BCUT2D eigenvalue weighted by Gasteiger charge is -2.38. The largest absolute Gasteiger partial charge is 0.458 e. The number of carbonyl (C=O) groups is 1. The predicted octanol–water partition coefficient (Wildman–Crippen LogP) is 6.62. The Morgan fingerprint density at radius 3 is 2.24 bits per heavy atom. The van der Waals surface area contributed by atoms with Gasteiger partial charge >= 0.3 is 5.97 Å². The Bertz CT molecular complexity index is 569. The van der Waals surface area contributed by atoms with Crippen molar-refractivity contribution in [3.63, 3.8) is 0 Å². The number of hydrogen-bond acceptors (Lipinski definition) is 2. The number of nitrogens with zero attached hydrogens (tertiary/aromatic N) is 1. The lowest BCUT2D eigenvalue weighted by atomic mass is 9.85. The van der Waals surface area contributed by atoms with Crippen molar-refractivity contribution in [2.45, 2.75) is 90.1 Å². The Morgan fingerprint density at radius 2 is 1.55 bits per heavy atom. The first-order valence-corrected chi connectivity index (χ1v) is 12.1. The molecule has 0 bridgehead atoms. The number of carbonyl (C=O) groups excluding carboxylic acids is 1. The molecule has 0 unspecified atom stereocenters. The molecule has 2 atom stereocenters. The molecule has 1 saturated carbocycles. The van der Waals surface area contributed by atoms with Gasteiger partial charge in [-0.15, -0.1) is 0 Å². The fraction of sp³-hybridized carbons (Fsp3) is 0.731. The molecule has 3 heteroatoms. The lowest BCUT2D eigenvalue weighted by Crippen LogP contribution is -2.48. The number of rotatable bonds is 13. The molecule has 0 saturated heterocycles. The molecule has 0 amide bonds. The SMILES string of the molecule is CCCCCCCCCC[N+](C)(C)C[C@H]1CCCC[C@@H]1OC(=O)c1ccccc1. The summed E-state index contributed by atoms with van der Waals surface area (Å²) < 4.78 is 7.02. The highest BCUT2D eigenvalue weighted by atomic mass is 16.5. The number of hydrogen-bond donors (Lipinski definition) is 0. The molecule has 0 spiro atoms. The number of unbranched alkanes of at least 4 members (excludes halogenated alkanes) is 7. The summed E-state index contributed by atoms with van der Waals surface area (Å²) in [6.07, 6.45) is 15.7. The predicted molar refractivity (Wildman–Crippen MR) is 122 cm³/mol. The average molecular weight is 403 g/mol. The van der Waals surface area contributed by atoms with Crippen LogP contribution in [0.3, 0.4) is 0 Å². The standard InChI is InChI=1S/C26H44NO2/c1-4-5-6-7-8-9-10-16-21-27(2,3)22-24-19-14-15-20-25(24)29-26(28)23-17-12-11-13-18-23/h11-13,17-18,24-25H,4-10,14-16,19-22H2,1-3H3/q+1/t24-,25+/m1/s1. The average Bonchev–Trinajstić information content (AvgIpc) is 2.72. The van der Waals surface area contributed by atoms with Gasteiger partial charge in [0.25, 0.3) is 0 Å². The van der Waals surface area contributed by atoms with Crippen LogP contribution in [-0.4, -0.2) is 43.7 Å². The van der Waals surface area contributed by atoms with Gasteiger partial charge in [0.15, 0.2) is 0 Å². The molecule has 1 aromatic rings. The maximum Gasteiger partial charge on any atom is 0.338 e. The molecule has 1 aliphatic carbocycles. The van der Waals surface area contributed by atoms with E-state index in [-0.39, 0.29) is 12.1 Å². The summed E-state index contributed by atoms with van der Waals surface area (Å²) in [5, 5.41) is 0. The second-order valence-electron chi connectivity index (χ2n) is 9.67. The van der Waals surface area contributed by atoms with Gasteiger partial charge < -0.3 is 9.22 Å². The van der Waals surface area contributed by atoms with E-state index in [1.807, 2.05) is 30.3 Å². The molecule has 1 aliphatic rings. The van der Waals surface area contributed by atoms with Crippen molar-refractivity contribution in [3.8, 4) is 0 Å². The fourth-order valence-corrected chi connectivity index (χ4v) is 4.72. The molecule has 164 valence electrons. The Balaban J connectivity index is 1.74. The van der Waals surface area contributed by atoms with E-state index in [0.29, 0.717) is 11.5 Å². The molecule has 0 N–H and O–H groups in total. The van der Waals surface area contributed by atoms with Crippen LogP contribution in [0.1, 0.15) is 94.3 Å². The minimum absolute atomic E-state index is 0.0763. The third kappa shape index (κ3) is 9.33. The van der Waals surface area contributed by atoms with Gasteiger partial charge in [-0.3, -0.25) is 0 Å². The highest BCUT2D eigenvalue weighted by molar-refractivity contribution is 5.89. The van der Waals surface area contributed by atoms with E-state index in [4.69, 9.17) is 4.74 Å². The normalized spacial score (nSPS) is 19.8. The van der Waals surface area contributed by atoms with E-state index in [2.05, 4.69) is 21.0 Å². The van der Waals surface area contributed by atoms with Crippen molar-refractivity contribution in [3.05, 3.63) is 35.9 Å². The van der Waals surface area contributed by atoms with Gasteiger partial charge in [-0.25, -0.2) is 4.79 Å². The second kappa shape index (κ2) is 13.1. The first-order chi connectivity index (χ1) is 14.0. The van der Waals surface area contributed by atoms with Gasteiger partial charge in [-0.2, -0.15) is 0 Å². The summed E-state index contributed by atoms with van der Waals surface area (Å²) in [6, 6.07) is 9.44. The number of benzene rings is 1. The molecular formula is C26H44NO2+. The molecule has 3 nitrogen and oxygen atoms in total. The molecule has 0 heterocycles. The summed E-state index contributed by atoms with van der Waals surface area (Å²) in [6.45, 7) is 4.62. The first-order valence-electron chi connectivity index (χ1n) is 12.1. The monoisotopic (exact) mass is 402 g/mol. The smallest absolute Gasteiger partial charge is 0.338 e. The van der Waals surface area contributed by atoms with Crippen LogP contribution in [0.4, 0.5) is 0 Å². The van der Waals surface area contributed by atoms with Crippen molar-refractivity contribution in [2.75, 3.05) is 27.2 Å². The molecule has 0 aromatic heterocycles. The molecule has 0 aliphatic heterocycles. The van der Waals surface area contributed by atoms with Gasteiger partial charge in [-0.1, -0.05) is 70.1 Å². The zero-order chi connectivity index (χ0) is 21.0. The van der Waals surface area contributed by atoms with Crippen molar-refractivity contribution in [1.29, 1.82) is 0 Å². The summed E-state index contributed by atoms with van der Waals surface area (Å²) >= 11 is 0. The van der Waals surface area contributed by atoms with Crippen LogP contribution in [-0.2, 0) is 4.74 Å². The quantitative estimate of drug-likeness (QED) is 0.210. The zero-order valence-electron chi connectivity index (χ0n) is 19.2. The Labute approximate surface area is 179 Å². The highest BCUT2D eigenvalue weighted by Crippen LogP contribution is 2.29. The van der Waals surface area contributed by atoms with Gasteiger partial charge in [0.05, 0.1) is 32.7 Å². The zero-order valence-corrected chi connectivity index (χ0v) is 19.2. The van der Waals surface area contributed by atoms with Gasteiger partial charge in [0.2, 0.25) is 0 Å². The third-order valence-electron chi connectivity index (χ3n) is 6.45. The molecular weight excluding hydrogens is 358 g/mol. The summed E-state index contributed by atoms with van der Waals surface area (Å²) in [7, 11) is 4.71. The topological polar surface area (TPSA) is 26.3 Å². The number of esters is 1. The molecule has 29 heavy (non-hydrogen) atoms. The van der Waals surface area contributed by atoms with Crippen molar-refractivity contribution in [1.82, 2.24) is 0 Å². The van der Waals surface area contributed by atoms with Gasteiger partial charge in [0, 0.05) is 5.92 Å². The minimum Gasteiger partial charge on any atom is -0.458 e. The Kier molecular flexibility index (Phi) is 10.8. The van der Waals surface area contributed by atoms with E-state index in [1.54, 1.807) is 0 Å². The van der Waals surface area contributed by atoms with Crippen LogP contribution >= 0.6 is 0 Å². The fourth-order valence-electron chi connectivity index (χ4n) is 4.72.